The van der Waals surface area contributed by atoms with Crippen LogP contribution in [0.4, 0.5) is 5.69 Å². The van der Waals surface area contributed by atoms with Crippen molar-refractivity contribution in [1.82, 2.24) is 4.90 Å². The van der Waals surface area contributed by atoms with E-state index in [1.54, 1.807) is 42.5 Å². The van der Waals surface area contributed by atoms with Crippen molar-refractivity contribution in [2.45, 2.75) is 6.92 Å². The zero-order valence-electron chi connectivity index (χ0n) is 15.7. The molecular formula is C20H22Cl2N2O4. The second-order valence-electron chi connectivity index (χ2n) is 5.85. The first-order valence-corrected chi connectivity index (χ1v) is 9.48. The molecule has 0 radical (unpaired) electrons. The van der Waals surface area contributed by atoms with Gasteiger partial charge in [-0.25, -0.2) is 0 Å². The number of rotatable bonds is 9. The number of likely N-dealkylation sites (N-methyl/N-ethyl adjacent to an activating group) is 1. The largest absolute Gasteiger partial charge is 0.490 e. The van der Waals surface area contributed by atoms with Crippen molar-refractivity contribution >= 4 is 40.7 Å². The second-order valence-corrected chi connectivity index (χ2v) is 6.66. The van der Waals surface area contributed by atoms with Gasteiger partial charge in [-0.3, -0.25) is 9.59 Å². The van der Waals surface area contributed by atoms with Crippen LogP contribution in [0.1, 0.15) is 17.3 Å². The van der Waals surface area contributed by atoms with Gasteiger partial charge in [-0.15, -0.1) is 0 Å². The van der Waals surface area contributed by atoms with Crippen LogP contribution in [-0.4, -0.2) is 50.1 Å². The van der Waals surface area contributed by atoms with E-state index in [1.165, 1.54) is 11.9 Å². The van der Waals surface area contributed by atoms with Crippen LogP contribution in [0.5, 0.6) is 5.75 Å². The molecule has 0 saturated carbocycles. The van der Waals surface area contributed by atoms with Gasteiger partial charge in [0.25, 0.3) is 5.91 Å². The monoisotopic (exact) mass is 424 g/mol. The summed E-state index contributed by atoms with van der Waals surface area (Å²) in [5.74, 6) is -0.318. The van der Waals surface area contributed by atoms with Gasteiger partial charge in [0.2, 0.25) is 5.91 Å². The standard InChI is InChI=1S/C20H22Cl2N2O4/c1-3-27-11-12-28-17-10-5-4-7-14(17)20(26)24(2)13-18(25)23-19-15(21)8-6-9-16(19)22/h4-10H,3,11-13H2,1-2H3,(H,23,25). The number of amides is 2. The zero-order chi connectivity index (χ0) is 20.5. The zero-order valence-corrected chi connectivity index (χ0v) is 17.2. The molecule has 0 aliphatic carbocycles. The Kier molecular flexibility index (Phi) is 8.57. The number of benzene rings is 2. The van der Waals surface area contributed by atoms with Gasteiger partial charge in [-0.1, -0.05) is 41.4 Å². The van der Waals surface area contributed by atoms with Gasteiger partial charge in [0.05, 0.1) is 34.4 Å². The summed E-state index contributed by atoms with van der Waals surface area (Å²) in [4.78, 5) is 26.4. The molecule has 0 heterocycles. The normalized spacial score (nSPS) is 10.4. The molecule has 2 aromatic carbocycles. The summed E-state index contributed by atoms with van der Waals surface area (Å²) >= 11 is 12.1. The summed E-state index contributed by atoms with van der Waals surface area (Å²) in [5.41, 5.74) is 0.682. The van der Waals surface area contributed by atoms with Crippen LogP contribution >= 0.6 is 23.2 Å². The lowest BCUT2D eigenvalue weighted by Crippen LogP contribution is -2.35. The van der Waals surface area contributed by atoms with Crippen molar-refractivity contribution in [1.29, 1.82) is 0 Å². The topological polar surface area (TPSA) is 67.9 Å². The average Bonchev–Trinajstić information content (AvgIpc) is 2.68. The summed E-state index contributed by atoms with van der Waals surface area (Å²) < 4.78 is 10.9. The lowest BCUT2D eigenvalue weighted by Gasteiger charge is -2.19. The Hall–Kier alpha value is -2.28. The Morgan fingerprint density at radius 2 is 1.71 bits per heavy atom. The molecule has 28 heavy (non-hydrogen) atoms. The Morgan fingerprint density at radius 3 is 2.39 bits per heavy atom. The molecule has 0 aliphatic rings. The highest BCUT2D eigenvalue weighted by Gasteiger charge is 2.19. The van der Waals surface area contributed by atoms with Crippen molar-refractivity contribution in [3.63, 3.8) is 0 Å². The number of ether oxygens (including phenoxy) is 2. The molecule has 0 fully saturated rings. The molecule has 0 atom stereocenters. The summed E-state index contributed by atoms with van der Waals surface area (Å²) in [5, 5.41) is 3.28. The molecule has 0 saturated heterocycles. The minimum absolute atomic E-state index is 0.173. The summed E-state index contributed by atoms with van der Waals surface area (Å²) in [6.07, 6.45) is 0. The number of carbonyl (C=O) groups is 2. The molecule has 0 unspecified atom stereocenters. The number of hydrogen-bond acceptors (Lipinski definition) is 4. The molecule has 1 N–H and O–H groups in total. The van der Waals surface area contributed by atoms with E-state index in [1.807, 2.05) is 6.92 Å². The second kappa shape index (κ2) is 10.9. The molecule has 2 amide bonds. The minimum atomic E-state index is -0.416. The van der Waals surface area contributed by atoms with Gasteiger partial charge in [-0.05, 0) is 31.2 Å². The Labute approximate surface area is 174 Å². The van der Waals surface area contributed by atoms with Crippen LogP contribution in [0, 0.1) is 0 Å². The molecule has 2 rings (SSSR count). The molecule has 0 bridgehead atoms. The van der Waals surface area contributed by atoms with E-state index < -0.39 is 5.91 Å². The third-order valence-corrected chi connectivity index (χ3v) is 4.39. The first-order valence-electron chi connectivity index (χ1n) is 8.73. The van der Waals surface area contributed by atoms with Gasteiger partial charge >= 0.3 is 0 Å². The van der Waals surface area contributed by atoms with Crippen LogP contribution in [0.3, 0.4) is 0 Å². The number of halogens is 2. The van der Waals surface area contributed by atoms with E-state index >= 15 is 0 Å². The Bertz CT molecular complexity index is 809. The highest BCUT2D eigenvalue weighted by Crippen LogP contribution is 2.29. The van der Waals surface area contributed by atoms with Crippen LogP contribution in [-0.2, 0) is 9.53 Å². The number of carbonyl (C=O) groups excluding carboxylic acids is 2. The van der Waals surface area contributed by atoms with Crippen LogP contribution < -0.4 is 10.1 Å². The van der Waals surface area contributed by atoms with Crippen molar-refractivity contribution < 1.29 is 19.1 Å². The first-order chi connectivity index (χ1) is 13.4. The van der Waals surface area contributed by atoms with Crippen molar-refractivity contribution in [3.8, 4) is 5.75 Å². The van der Waals surface area contributed by atoms with Crippen molar-refractivity contribution in [3.05, 3.63) is 58.1 Å². The van der Waals surface area contributed by atoms with Crippen molar-refractivity contribution in [2.75, 3.05) is 38.7 Å². The van der Waals surface area contributed by atoms with Crippen LogP contribution in [0.15, 0.2) is 42.5 Å². The smallest absolute Gasteiger partial charge is 0.257 e. The average molecular weight is 425 g/mol. The lowest BCUT2D eigenvalue weighted by atomic mass is 10.1. The van der Waals surface area contributed by atoms with E-state index in [-0.39, 0.29) is 12.5 Å². The molecule has 6 nitrogen and oxygen atoms in total. The van der Waals surface area contributed by atoms with E-state index in [0.29, 0.717) is 46.9 Å². The predicted molar refractivity (Wildman–Crippen MR) is 110 cm³/mol. The Balaban J connectivity index is 2.01. The molecule has 8 heteroatoms. The number of nitrogens with one attached hydrogen (secondary N) is 1. The number of anilines is 1. The maximum Gasteiger partial charge on any atom is 0.257 e. The summed E-state index contributed by atoms with van der Waals surface area (Å²) in [7, 11) is 1.53. The molecular weight excluding hydrogens is 403 g/mol. The van der Waals surface area contributed by atoms with Gasteiger partial charge in [-0.2, -0.15) is 0 Å². The van der Waals surface area contributed by atoms with Crippen LogP contribution in [0.2, 0.25) is 10.0 Å². The quantitative estimate of drug-likeness (QED) is 0.614. The SMILES string of the molecule is CCOCCOc1ccccc1C(=O)N(C)CC(=O)Nc1c(Cl)cccc1Cl. The van der Waals surface area contributed by atoms with Gasteiger partial charge in [0.15, 0.2) is 0 Å². The lowest BCUT2D eigenvalue weighted by molar-refractivity contribution is -0.116. The number of para-hydroxylation sites is 2. The van der Waals surface area contributed by atoms with Gasteiger partial charge < -0.3 is 19.7 Å². The molecule has 0 aromatic heterocycles. The Morgan fingerprint density at radius 1 is 1.04 bits per heavy atom. The fraction of sp³-hybridized carbons (Fsp3) is 0.300. The van der Waals surface area contributed by atoms with E-state index in [2.05, 4.69) is 5.32 Å². The molecule has 0 aliphatic heterocycles. The van der Waals surface area contributed by atoms with Crippen molar-refractivity contribution in [2.24, 2.45) is 0 Å². The predicted octanol–water partition coefficient (Wildman–Crippen LogP) is 4.12. The minimum Gasteiger partial charge on any atom is -0.490 e. The summed E-state index contributed by atoms with van der Waals surface area (Å²) in [6.45, 7) is 3.07. The maximum absolute atomic E-state index is 12.8. The van der Waals surface area contributed by atoms with Gasteiger partial charge in [0.1, 0.15) is 12.4 Å². The van der Waals surface area contributed by atoms with E-state index in [4.69, 9.17) is 32.7 Å². The van der Waals surface area contributed by atoms with E-state index in [0.717, 1.165) is 0 Å². The van der Waals surface area contributed by atoms with Gasteiger partial charge in [0, 0.05) is 13.7 Å². The molecule has 0 spiro atoms. The molecule has 150 valence electrons. The maximum atomic E-state index is 12.8. The number of hydrogen-bond donors (Lipinski definition) is 1. The highest BCUT2D eigenvalue weighted by atomic mass is 35.5. The fourth-order valence-electron chi connectivity index (χ4n) is 2.41. The number of nitrogens with zero attached hydrogens (tertiary/aromatic N) is 1. The molecule has 2 aromatic rings. The fourth-order valence-corrected chi connectivity index (χ4v) is 2.91. The third kappa shape index (κ3) is 6.12. The van der Waals surface area contributed by atoms with E-state index in [9.17, 15) is 9.59 Å². The highest BCUT2D eigenvalue weighted by molar-refractivity contribution is 6.39. The van der Waals surface area contributed by atoms with Crippen LogP contribution in [0.25, 0.3) is 0 Å². The summed E-state index contributed by atoms with van der Waals surface area (Å²) in [6, 6.07) is 11.8. The first kappa shape index (κ1) is 22.0. The third-order valence-electron chi connectivity index (χ3n) is 3.76.